The number of rotatable bonds is 13. The summed E-state index contributed by atoms with van der Waals surface area (Å²) >= 11 is 0. The number of carbonyl (C=O) groups excluding carboxylic acids is 3. The minimum absolute atomic E-state index is 0.0880. The highest BCUT2D eigenvalue weighted by Gasteiger charge is 2.53. The van der Waals surface area contributed by atoms with E-state index in [4.69, 9.17) is 18.9 Å². The molecule has 1 aliphatic rings. The molecule has 2 aromatic carbocycles. The zero-order chi connectivity index (χ0) is 31.8. The fraction of sp³-hybridized carbons (Fsp3) is 0.500. The summed E-state index contributed by atoms with van der Waals surface area (Å²) in [5.41, 5.74) is -0.0203. The molecule has 2 aromatic rings. The molecule has 43 heavy (non-hydrogen) atoms. The molecule has 2 unspecified atom stereocenters. The Kier molecular flexibility index (Phi) is 11.4. The van der Waals surface area contributed by atoms with Gasteiger partial charge in [0, 0.05) is 19.1 Å². The van der Waals surface area contributed by atoms with E-state index in [9.17, 15) is 14.4 Å². The van der Waals surface area contributed by atoms with Gasteiger partial charge >= 0.3 is 12.1 Å². The minimum Gasteiger partial charge on any atom is -0.496 e. The number of amides is 2. The number of methoxy groups -OCH3 is 3. The molecule has 0 saturated carbocycles. The van der Waals surface area contributed by atoms with Crippen LogP contribution in [-0.2, 0) is 29.4 Å². The van der Waals surface area contributed by atoms with Crippen LogP contribution in [0.5, 0.6) is 5.75 Å². The normalized spacial score (nSPS) is 19.0. The quantitative estimate of drug-likeness (QED) is 0.173. The molecule has 3 atom stereocenters. The second kappa shape index (κ2) is 14.6. The van der Waals surface area contributed by atoms with Gasteiger partial charge in [0.2, 0.25) is 5.91 Å². The number of unbranched alkanes of at least 4 members (excludes halogenated alkanes) is 3. The van der Waals surface area contributed by atoms with Gasteiger partial charge in [-0.25, -0.2) is 9.59 Å². The fourth-order valence-corrected chi connectivity index (χ4v) is 5.55. The maximum atomic E-state index is 14.2. The molecule has 0 spiro atoms. The molecule has 0 bridgehead atoms. The summed E-state index contributed by atoms with van der Waals surface area (Å²) in [6.07, 6.45) is 6.62. The highest BCUT2D eigenvalue weighted by molar-refractivity contribution is 5.92. The lowest BCUT2D eigenvalue weighted by atomic mass is 9.85. The van der Waals surface area contributed by atoms with Crippen molar-refractivity contribution in [3.8, 4) is 5.75 Å². The Morgan fingerprint density at radius 3 is 2.42 bits per heavy atom. The first kappa shape index (κ1) is 33.6. The second-order valence-corrected chi connectivity index (χ2v) is 12.0. The van der Waals surface area contributed by atoms with Crippen LogP contribution >= 0.6 is 0 Å². The lowest BCUT2D eigenvalue weighted by Gasteiger charge is -2.35. The molecule has 0 aliphatic carbocycles. The van der Waals surface area contributed by atoms with Gasteiger partial charge < -0.3 is 29.2 Å². The lowest BCUT2D eigenvalue weighted by Crippen LogP contribution is -2.57. The van der Waals surface area contributed by atoms with Crippen molar-refractivity contribution >= 4 is 34.8 Å². The number of fused-ring (bicyclic) bond motifs is 1. The molecule has 1 saturated heterocycles. The van der Waals surface area contributed by atoms with E-state index in [2.05, 4.69) is 18.5 Å². The highest BCUT2D eigenvalue weighted by Crippen LogP contribution is 2.42. The molecule has 1 heterocycles. The van der Waals surface area contributed by atoms with Gasteiger partial charge in [-0.05, 0) is 65.6 Å². The van der Waals surface area contributed by atoms with Crippen molar-refractivity contribution in [2.24, 2.45) is 5.41 Å². The van der Waals surface area contributed by atoms with Gasteiger partial charge in [0.1, 0.15) is 23.4 Å². The number of benzene rings is 2. The molecule has 234 valence electrons. The standard InChI is InChI=1S/C34H46N2O7/c1-9-11-12-13-14-17-43-32(39)35-29(33(3,4)5)30(37)36-22-34(42-8,21-27(36)31(38)41-7)26-16-15-24-20-28(40-6)23(10-2)18-25(24)19-26/h9-10,15-16,18-20,27,29H,1-2,11-14,17,21-22H2,3-8H3,(H,35,39)/t27?,29-,34?/m1/s1. The average molecular weight is 595 g/mol. The Labute approximate surface area is 255 Å². The van der Waals surface area contributed by atoms with Crippen molar-refractivity contribution in [2.75, 3.05) is 34.5 Å². The van der Waals surface area contributed by atoms with Crippen LogP contribution in [0.3, 0.4) is 0 Å². The summed E-state index contributed by atoms with van der Waals surface area (Å²) in [7, 11) is 4.48. The van der Waals surface area contributed by atoms with E-state index in [0.29, 0.717) is 5.75 Å². The van der Waals surface area contributed by atoms with Crippen LogP contribution in [0, 0.1) is 5.41 Å². The first-order valence-corrected chi connectivity index (χ1v) is 14.7. The van der Waals surface area contributed by atoms with Crippen molar-refractivity contribution in [1.82, 2.24) is 10.2 Å². The van der Waals surface area contributed by atoms with E-state index in [1.54, 1.807) is 20.3 Å². The summed E-state index contributed by atoms with van der Waals surface area (Å²) in [4.78, 5) is 41.4. The number of alkyl carbamates (subject to hydrolysis) is 1. The van der Waals surface area contributed by atoms with Crippen LogP contribution in [0.25, 0.3) is 16.8 Å². The molecule has 0 aromatic heterocycles. The molecular formula is C34H46N2O7. The van der Waals surface area contributed by atoms with Crippen LogP contribution < -0.4 is 10.1 Å². The van der Waals surface area contributed by atoms with E-state index < -0.39 is 41.1 Å². The molecule has 9 nitrogen and oxygen atoms in total. The summed E-state index contributed by atoms with van der Waals surface area (Å²) < 4.78 is 22.1. The van der Waals surface area contributed by atoms with E-state index in [-0.39, 0.29) is 19.6 Å². The van der Waals surface area contributed by atoms with E-state index >= 15 is 0 Å². The number of hydrogen-bond acceptors (Lipinski definition) is 7. The maximum absolute atomic E-state index is 14.2. The van der Waals surface area contributed by atoms with Crippen LogP contribution in [0.4, 0.5) is 4.79 Å². The molecule has 1 N–H and O–H groups in total. The first-order valence-electron chi connectivity index (χ1n) is 14.7. The van der Waals surface area contributed by atoms with Gasteiger partial charge in [0.05, 0.1) is 27.4 Å². The minimum atomic E-state index is -0.995. The van der Waals surface area contributed by atoms with Crippen LogP contribution in [0.1, 0.15) is 64.0 Å². The molecule has 1 aliphatic heterocycles. The summed E-state index contributed by atoms with van der Waals surface area (Å²) in [5.74, 6) is -0.252. The predicted molar refractivity (Wildman–Crippen MR) is 168 cm³/mol. The zero-order valence-corrected chi connectivity index (χ0v) is 26.4. The largest absolute Gasteiger partial charge is 0.496 e. The topological polar surface area (TPSA) is 103 Å². The van der Waals surface area contributed by atoms with Gasteiger partial charge in [-0.2, -0.15) is 0 Å². The highest BCUT2D eigenvalue weighted by atomic mass is 16.5. The van der Waals surface area contributed by atoms with E-state index in [0.717, 1.165) is 47.6 Å². The summed E-state index contributed by atoms with van der Waals surface area (Å²) in [5, 5.41) is 4.66. The maximum Gasteiger partial charge on any atom is 0.407 e. The van der Waals surface area contributed by atoms with Crippen molar-refractivity contribution in [1.29, 1.82) is 0 Å². The number of hydrogen-bond donors (Lipinski definition) is 1. The van der Waals surface area contributed by atoms with Crippen molar-refractivity contribution in [3.63, 3.8) is 0 Å². The lowest BCUT2D eigenvalue weighted by molar-refractivity contribution is -0.152. The Balaban J connectivity index is 1.91. The third-order valence-corrected chi connectivity index (χ3v) is 8.07. The molecule has 0 radical (unpaired) electrons. The van der Waals surface area contributed by atoms with E-state index in [1.807, 2.05) is 57.2 Å². The van der Waals surface area contributed by atoms with Gasteiger partial charge in [-0.15, -0.1) is 6.58 Å². The van der Waals surface area contributed by atoms with Gasteiger partial charge in [0.15, 0.2) is 0 Å². The first-order chi connectivity index (χ1) is 20.4. The second-order valence-electron chi connectivity index (χ2n) is 12.0. The fourth-order valence-electron chi connectivity index (χ4n) is 5.55. The number of carbonyl (C=O) groups is 3. The van der Waals surface area contributed by atoms with Crippen LogP contribution in [0.15, 0.2) is 49.6 Å². The predicted octanol–water partition coefficient (Wildman–Crippen LogP) is 5.99. The van der Waals surface area contributed by atoms with Crippen LogP contribution in [0.2, 0.25) is 0 Å². The monoisotopic (exact) mass is 594 g/mol. The summed E-state index contributed by atoms with van der Waals surface area (Å²) in [6, 6.07) is 7.95. The number of nitrogens with one attached hydrogen (secondary N) is 1. The smallest absolute Gasteiger partial charge is 0.407 e. The van der Waals surface area contributed by atoms with Gasteiger partial charge in [-0.3, -0.25) is 4.79 Å². The molecule has 9 heteroatoms. The van der Waals surface area contributed by atoms with Crippen LogP contribution in [-0.4, -0.2) is 69.4 Å². The average Bonchev–Trinajstić information content (AvgIpc) is 3.40. The SMILES string of the molecule is C=CCCCCCOC(=O)N[C@H](C(=O)N1CC(OC)(c2ccc3cc(OC)c(C=C)cc3c2)CC1C(=O)OC)C(C)(C)C. The number of esters is 1. The van der Waals surface area contributed by atoms with Gasteiger partial charge in [0.25, 0.3) is 0 Å². The Hall–Kier alpha value is -3.85. The number of ether oxygens (including phenoxy) is 4. The summed E-state index contributed by atoms with van der Waals surface area (Å²) in [6.45, 7) is 13.5. The molecule has 2 amide bonds. The number of likely N-dealkylation sites (tertiary alicyclic amines) is 1. The number of nitrogens with zero attached hydrogens (tertiary/aromatic N) is 1. The molecule has 3 rings (SSSR count). The number of allylic oxidation sites excluding steroid dienone is 1. The van der Waals surface area contributed by atoms with Gasteiger partial charge in [-0.1, -0.05) is 51.6 Å². The third kappa shape index (κ3) is 7.76. The van der Waals surface area contributed by atoms with Crippen molar-refractivity contribution < 1.29 is 33.3 Å². The Bertz CT molecular complexity index is 1330. The Morgan fingerprint density at radius 2 is 1.81 bits per heavy atom. The Morgan fingerprint density at radius 1 is 1.07 bits per heavy atom. The molecule has 1 fully saturated rings. The zero-order valence-electron chi connectivity index (χ0n) is 26.4. The van der Waals surface area contributed by atoms with Crippen molar-refractivity contribution in [3.05, 3.63) is 60.7 Å². The molecular weight excluding hydrogens is 548 g/mol. The third-order valence-electron chi connectivity index (χ3n) is 8.07. The van der Waals surface area contributed by atoms with Crippen molar-refractivity contribution in [2.45, 2.75) is 70.6 Å². The van der Waals surface area contributed by atoms with E-state index in [1.165, 1.54) is 12.0 Å².